The van der Waals surface area contributed by atoms with Crippen LogP contribution in [0.2, 0.25) is 0 Å². The average molecular weight is 278 g/mol. The van der Waals surface area contributed by atoms with E-state index in [1.807, 2.05) is 12.3 Å². The minimum atomic E-state index is -0.0856. The van der Waals surface area contributed by atoms with Crippen LogP contribution in [-0.2, 0) is 6.54 Å². The maximum Gasteiger partial charge on any atom is 0.102 e. The van der Waals surface area contributed by atoms with E-state index in [4.69, 9.17) is 18.0 Å². The van der Waals surface area contributed by atoms with Crippen LogP contribution in [0.25, 0.3) is 0 Å². The molecule has 4 heteroatoms. The fourth-order valence-electron chi connectivity index (χ4n) is 2.17. The van der Waals surface area contributed by atoms with Gasteiger partial charge in [0.2, 0.25) is 0 Å². The largest absolute Gasteiger partial charge is 0.390 e. The third-order valence-electron chi connectivity index (χ3n) is 3.48. The summed E-state index contributed by atoms with van der Waals surface area (Å²) in [4.78, 5) is 2.70. The topological polar surface area (TPSA) is 29.3 Å². The maximum absolute atomic E-state index is 5.75. The molecule has 1 heterocycles. The highest BCUT2D eigenvalue weighted by atomic mass is 32.1. The molecule has 1 atom stereocenters. The quantitative estimate of drug-likeness (QED) is 0.658. The maximum atomic E-state index is 5.75. The smallest absolute Gasteiger partial charge is 0.102 e. The average Bonchev–Trinajstić information content (AvgIpc) is 2.54. The predicted octanol–water partition coefficient (Wildman–Crippen LogP) is 2.75. The van der Waals surface area contributed by atoms with E-state index >= 15 is 0 Å². The van der Waals surface area contributed by atoms with Gasteiger partial charge in [-0.3, -0.25) is 0 Å². The second-order valence-corrected chi connectivity index (χ2v) is 6.07. The minimum absolute atomic E-state index is 0.0544. The summed E-state index contributed by atoms with van der Waals surface area (Å²) in [6.07, 6.45) is 2.05. The summed E-state index contributed by atoms with van der Waals surface area (Å²) >= 11 is 9.74. The van der Waals surface area contributed by atoms with E-state index in [2.05, 4.69) is 55.6 Å². The number of thiol groups is 1. The van der Waals surface area contributed by atoms with Gasteiger partial charge in [-0.2, -0.15) is 12.6 Å². The molecule has 1 aromatic rings. The van der Waals surface area contributed by atoms with Crippen LogP contribution in [0.15, 0.2) is 42.1 Å². The van der Waals surface area contributed by atoms with Gasteiger partial charge in [0.1, 0.15) is 4.99 Å². The van der Waals surface area contributed by atoms with E-state index in [0.717, 1.165) is 12.1 Å². The molecule has 0 radical (unpaired) electrons. The van der Waals surface area contributed by atoms with Crippen molar-refractivity contribution in [3.8, 4) is 0 Å². The van der Waals surface area contributed by atoms with Gasteiger partial charge in [-0.25, -0.2) is 0 Å². The molecule has 0 saturated carbocycles. The predicted molar refractivity (Wildman–Crippen MR) is 83.7 cm³/mol. The third-order valence-corrected chi connectivity index (χ3v) is 4.62. The van der Waals surface area contributed by atoms with Crippen molar-refractivity contribution in [2.45, 2.75) is 31.2 Å². The summed E-state index contributed by atoms with van der Waals surface area (Å²) in [6.45, 7) is 5.17. The molecular weight excluding hydrogens is 260 g/mol. The second kappa shape index (κ2) is 4.94. The SMILES string of the molecule is CC1(C)C(S)C(C(N)=S)=CN1Cc1ccccc1. The normalized spacial score (nSPS) is 21.8. The van der Waals surface area contributed by atoms with Crippen LogP contribution in [-0.4, -0.2) is 20.7 Å². The van der Waals surface area contributed by atoms with Crippen molar-refractivity contribution in [2.24, 2.45) is 5.73 Å². The number of nitrogens with two attached hydrogens (primary N) is 1. The summed E-state index contributed by atoms with van der Waals surface area (Å²) in [6, 6.07) is 10.4. The van der Waals surface area contributed by atoms with Gasteiger partial charge in [0.05, 0.1) is 10.8 Å². The van der Waals surface area contributed by atoms with Gasteiger partial charge in [0.25, 0.3) is 0 Å². The zero-order valence-corrected chi connectivity index (χ0v) is 12.3. The Bertz CT molecular complexity index is 480. The molecule has 0 fully saturated rings. The van der Waals surface area contributed by atoms with Crippen molar-refractivity contribution in [3.63, 3.8) is 0 Å². The van der Waals surface area contributed by atoms with Crippen molar-refractivity contribution < 1.29 is 0 Å². The summed E-state index contributed by atoms with van der Waals surface area (Å²) in [5.74, 6) is 0. The van der Waals surface area contributed by atoms with Crippen LogP contribution in [0.1, 0.15) is 19.4 Å². The molecule has 0 bridgehead atoms. The highest BCUT2D eigenvalue weighted by molar-refractivity contribution is 7.82. The monoisotopic (exact) mass is 278 g/mol. The minimum Gasteiger partial charge on any atom is -0.390 e. The molecule has 1 aliphatic rings. The lowest BCUT2D eigenvalue weighted by Gasteiger charge is -2.36. The summed E-state index contributed by atoms with van der Waals surface area (Å²) in [5.41, 5.74) is 7.89. The molecule has 2 N–H and O–H groups in total. The Morgan fingerprint density at radius 2 is 2.00 bits per heavy atom. The van der Waals surface area contributed by atoms with Gasteiger partial charge < -0.3 is 10.6 Å². The van der Waals surface area contributed by atoms with Crippen molar-refractivity contribution >= 4 is 29.8 Å². The molecule has 18 heavy (non-hydrogen) atoms. The van der Waals surface area contributed by atoms with Crippen LogP contribution >= 0.6 is 24.8 Å². The van der Waals surface area contributed by atoms with E-state index < -0.39 is 0 Å². The van der Waals surface area contributed by atoms with Gasteiger partial charge in [0.15, 0.2) is 0 Å². The fourth-order valence-corrected chi connectivity index (χ4v) is 2.78. The van der Waals surface area contributed by atoms with Crippen LogP contribution < -0.4 is 5.73 Å². The van der Waals surface area contributed by atoms with E-state index in [0.29, 0.717) is 4.99 Å². The number of benzene rings is 1. The third kappa shape index (κ3) is 2.40. The van der Waals surface area contributed by atoms with Gasteiger partial charge in [-0.15, -0.1) is 0 Å². The number of rotatable bonds is 3. The van der Waals surface area contributed by atoms with E-state index in [9.17, 15) is 0 Å². The Balaban J connectivity index is 2.25. The first-order valence-corrected chi connectivity index (χ1v) is 6.85. The molecule has 2 nitrogen and oxygen atoms in total. The first kappa shape index (κ1) is 13.4. The Kier molecular flexibility index (Phi) is 3.69. The number of nitrogens with zero attached hydrogens (tertiary/aromatic N) is 1. The van der Waals surface area contributed by atoms with Crippen LogP contribution in [0.5, 0.6) is 0 Å². The molecule has 0 spiro atoms. The first-order chi connectivity index (χ1) is 8.43. The molecule has 2 rings (SSSR count). The lowest BCUT2D eigenvalue weighted by molar-refractivity contribution is 0.206. The van der Waals surface area contributed by atoms with Crippen molar-refractivity contribution in [1.29, 1.82) is 0 Å². The van der Waals surface area contributed by atoms with Gasteiger partial charge in [-0.05, 0) is 19.4 Å². The van der Waals surface area contributed by atoms with E-state index in [1.165, 1.54) is 5.56 Å². The van der Waals surface area contributed by atoms with Gasteiger partial charge >= 0.3 is 0 Å². The summed E-state index contributed by atoms with van der Waals surface area (Å²) < 4.78 is 0. The Labute approximate surface area is 119 Å². The Hall–Kier alpha value is -1.00. The molecule has 1 aromatic carbocycles. The second-order valence-electron chi connectivity index (χ2n) is 5.12. The molecule has 0 amide bonds. The number of thiocarbonyl (C=S) groups is 1. The lowest BCUT2D eigenvalue weighted by Crippen LogP contribution is -2.43. The molecule has 96 valence electrons. The van der Waals surface area contributed by atoms with Crippen molar-refractivity contribution in [3.05, 3.63) is 47.7 Å². The molecule has 0 aromatic heterocycles. The molecule has 0 aliphatic carbocycles. The van der Waals surface area contributed by atoms with Crippen molar-refractivity contribution in [1.82, 2.24) is 4.90 Å². The molecular formula is C14H18N2S2. The first-order valence-electron chi connectivity index (χ1n) is 5.93. The van der Waals surface area contributed by atoms with Gasteiger partial charge in [-0.1, -0.05) is 42.5 Å². The zero-order valence-electron chi connectivity index (χ0n) is 10.6. The Morgan fingerprint density at radius 1 is 1.39 bits per heavy atom. The fraction of sp³-hybridized carbons (Fsp3) is 0.357. The van der Waals surface area contributed by atoms with Crippen LogP contribution in [0, 0.1) is 0 Å². The highest BCUT2D eigenvalue weighted by Gasteiger charge is 2.40. The molecule has 0 saturated heterocycles. The Morgan fingerprint density at radius 3 is 2.50 bits per heavy atom. The van der Waals surface area contributed by atoms with Crippen LogP contribution in [0.3, 0.4) is 0 Å². The molecule has 1 aliphatic heterocycles. The number of hydrogen-bond donors (Lipinski definition) is 2. The van der Waals surface area contributed by atoms with Crippen molar-refractivity contribution in [2.75, 3.05) is 0 Å². The highest BCUT2D eigenvalue weighted by Crippen LogP contribution is 2.36. The van der Waals surface area contributed by atoms with Gasteiger partial charge in [0, 0.05) is 18.3 Å². The van der Waals surface area contributed by atoms with E-state index in [-0.39, 0.29) is 10.8 Å². The number of hydrogen-bond acceptors (Lipinski definition) is 3. The summed E-state index contributed by atoms with van der Waals surface area (Å²) in [7, 11) is 0. The van der Waals surface area contributed by atoms with Crippen LogP contribution in [0.4, 0.5) is 0 Å². The zero-order chi connectivity index (χ0) is 13.3. The lowest BCUT2D eigenvalue weighted by atomic mass is 9.97. The molecule has 1 unspecified atom stereocenters. The van der Waals surface area contributed by atoms with E-state index in [1.54, 1.807) is 0 Å². The standard InChI is InChI=1S/C14H18N2S2/c1-14(2)12(17)11(13(15)18)9-16(14)8-10-6-4-3-5-7-10/h3-7,9,12,17H,8H2,1-2H3,(H2,15,18). The summed E-state index contributed by atoms with van der Waals surface area (Å²) in [5, 5.41) is 0.0544.